The van der Waals surface area contributed by atoms with Gasteiger partial charge in [0.25, 0.3) is 0 Å². The summed E-state index contributed by atoms with van der Waals surface area (Å²) in [5.74, 6) is 0. The van der Waals surface area contributed by atoms with Crippen molar-refractivity contribution in [2.75, 3.05) is 18.8 Å². The molecule has 1 fully saturated rings. The normalized spacial score (nSPS) is 16.0. The van der Waals surface area contributed by atoms with Gasteiger partial charge in [0.2, 0.25) is 0 Å². The maximum absolute atomic E-state index is 6.61. The molecular weight excluding hydrogens is 354 g/mol. The van der Waals surface area contributed by atoms with Crippen molar-refractivity contribution in [1.82, 2.24) is 9.88 Å². The standard InChI is InChI=1S/C22H25N3OS/c23-22-24-19(16-27-22)15-25-13-11-20(12-14-25)26-21(17-7-3-1-4-8-17)18-9-5-2-6-10-18/h1-10,16,20-21H,11-15H2,(H2,23,24). The van der Waals surface area contributed by atoms with Crippen molar-refractivity contribution in [2.24, 2.45) is 0 Å². The second-order valence-electron chi connectivity index (χ2n) is 6.99. The van der Waals surface area contributed by atoms with Gasteiger partial charge in [0.15, 0.2) is 5.13 Å². The van der Waals surface area contributed by atoms with E-state index in [1.807, 2.05) is 0 Å². The van der Waals surface area contributed by atoms with Gasteiger partial charge in [-0.3, -0.25) is 4.90 Å². The molecule has 0 atom stereocenters. The molecule has 0 spiro atoms. The first-order valence-electron chi connectivity index (χ1n) is 9.45. The Balaban J connectivity index is 1.39. The maximum atomic E-state index is 6.61. The van der Waals surface area contributed by atoms with Crippen LogP contribution in [0.2, 0.25) is 0 Å². The van der Waals surface area contributed by atoms with Crippen LogP contribution in [0.5, 0.6) is 0 Å². The van der Waals surface area contributed by atoms with Gasteiger partial charge in [-0.15, -0.1) is 11.3 Å². The summed E-state index contributed by atoms with van der Waals surface area (Å²) in [6, 6.07) is 21.0. The number of likely N-dealkylation sites (tertiary alicyclic amines) is 1. The Kier molecular flexibility index (Phi) is 5.82. The quantitative estimate of drug-likeness (QED) is 0.685. The van der Waals surface area contributed by atoms with Crippen molar-refractivity contribution in [3.8, 4) is 0 Å². The predicted octanol–water partition coefficient (Wildman–Crippen LogP) is 4.50. The summed E-state index contributed by atoms with van der Waals surface area (Å²) >= 11 is 1.51. The van der Waals surface area contributed by atoms with E-state index in [9.17, 15) is 0 Å². The van der Waals surface area contributed by atoms with E-state index in [1.165, 1.54) is 22.5 Å². The van der Waals surface area contributed by atoms with Crippen molar-refractivity contribution in [2.45, 2.75) is 31.6 Å². The van der Waals surface area contributed by atoms with Gasteiger partial charge in [0, 0.05) is 25.0 Å². The fourth-order valence-electron chi connectivity index (χ4n) is 3.63. The minimum Gasteiger partial charge on any atom is -0.375 e. The summed E-state index contributed by atoms with van der Waals surface area (Å²) in [6.07, 6.45) is 2.33. The number of aromatic nitrogens is 1. The molecular formula is C22H25N3OS. The van der Waals surface area contributed by atoms with E-state index in [0.717, 1.165) is 38.2 Å². The van der Waals surface area contributed by atoms with Gasteiger partial charge in [0.1, 0.15) is 6.10 Å². The van der Waals surface area contributed by atoms with Crippen LogP contribution in [-0.4, -0.2) is 29.1 Å². The van der Waals surface area contributed by atoms with Gasteiger partial charge in [0.05, 0.1) is 11.8 Å². The van der Waals surface area contributed by atoms with E-state index in [2.05, 4.69) is 75.9 Å². The Hall–Kier alpha value is -2.21. The van der Waals surface area contributed by atoms with Crippen molar-refractivity contribution >= 4 is 16.5 Å². The largest absolute Gasteiger partial charge is 0.375 e. The monoisotopic (exact) mass is 379 g/mol. The molecule has 0 aliphatic carbocycles. The molecule has 4 nitrogen and oxygen atoms in total. The molecule has 2 heterocycles. The third-order valence-electron chi connectivity index (χ3n) is 5.02. The molecule has 0 amide bonds. The van der Waals surface area contributed by atoms with Crippen LogP contribution >= 0.6 is 11.3 Å². The van der Waals surface area contributed by atoms with Gasteiger partial charge >= 0.3 is 0 Å². The topological polar surface area (TPSA) is 51.4 Å². The number of nitrogens with zero attached hydrogens (tertiary/aromatic N) is 2. The van der Waals surface area contributed by atoms with Crippen LogP contribution in [0.1, 0.15) is 35.8 Å². The Morgan fingerprint density at radius 1 is 1.00 bits per heavy atom. The highest BCUT2D eigenvalue weighted by atomic mass is 32.1. The lowest BCUT2D eigenvalue weighted by Gasteiger charge is -2.34. The number of benzene rings is 2. The lowest BCUT2D eigenvalue weighted by molar-refractivity contribution is -0.0282. The summed E-state index contributed by atoms with van der Waals surface area (Å²) in [5.41, 5.74) is 9.24. The molecule has 0 saturated carbocycles. The zero-order valence-electron chi connectivity index (χ0n) is 15.3. The third kappa shape index (κ3) is 4.75. The molecule has 2 aromatic carbocycles. The van der Waals surface area contributed by atoms with Gasteiger partial charge in [-0.25, -0.2) is 4.98 Å². The summed E-state index contributed by atoms with van der Waals surface area (Å²) in [7, 11) is 0. The van der Waals surface area contributed by atoms with Gasteiger partial charge in [-0.2, -0.15) is 0 Å². The van der Waals surface area contributed by atoms with Crippen LogP contribution in [0.25, 0.3) is 0 Å². The molecule has 140 valence electrons. The number of ether oxygens (including phenoxy) is 1. The summed E-state index contributed by atoms with van der Waals surface area (Å²) in [5, 5.41) is 2.70. The lowest BCUT2D eigenvalue weighted by atomic mass is 10.00. The SMILES string of the molecule is Nc1nc(CN2CCC(OC(c3ccccc3)c3ccccc3)CC2)cs1. The molecule has 1 aromatic heterocycles. The third-order valence-corrected chi connectivity index (χ3v) is 5.75. The van der Waals surface area contributed by atoms with Crippen LogP contribution in [0.3, 0.4) is 0 Å². The first-order valence-corrected chi connectivity index (χ1v) is 10.3. The van der Waals surface area contributed by atoms with E-state index >= 15 is 0 Å². The first-order chi connectivity index (χ1) is 13.3. The minimum absolute atomic E-state index is 0.0118. The number of nitrogen functional groups attached to an aromatic ring is 1. The zero-order valence-corrected chi connectivity index (χ0v) is 16.1. The molecule has 0 radical (unpaired) electrons. The number of piperidine rings is 1. The average molecular weight is 380 g/mol. The molecule has 27 heavy (non-hydrogen) atoms. The van der Waals surface area contributed by atoms with Crippen LogP contribution < -0.4 is 5.73 Å². The van der Waals surface area contributed by atoms with E-state index in [-0.39, 0.29) is 12.2 Å². The second-order valence-corrected chi connectivity index (χ2v) is 7.88. The number of thiazole rings is 1. The van der Waals surface area contributed by atoms with Crippen molar-refractivity contribution in [1.29, 1.82) is 0 Å². The fourth-order valence-corrected chi connectivity index (χ4v) is 4.18. The Morgan fingerprint density at radius 3 is 2.11 bits per heavy atom. The molecule has 1 aliphatic rings. The summed E-state index contributed by atoms with van der Waals surface area (Å²) < 4.78 is 6.61. The number of nitrogens with two attached hydrogens (primary N) is 1. The smallest absolute Gasteiger partial charge is 0.180 e. The predicted molar refractivity (Wildman–Crippen MR) is 111 cm³/mol. The van der Waals surface area contributed by atoms with Crippen LogP contribution in [0.15, 0.2) is 66.0 Å². The van der Waals surface area contributed by atoms with Gasteiger partial charge in [-0.05, 0) is 24.0 Å². The summed E-state index contributed by atoms with van der Waals surface area (Å²) in [6.45, 7) is 2.93. The van der Waals surface area contributed by atoms with E-state index in [4.69, 9.17) is 10.5 Å². The maximum Gasteiger partial charge on any atom is 0.180 e. The fraction of sp³-hybridized carbons (Fsp3) is 0.318. The Bertz CT molecular complexity index is 790. The highest BCUT2D eigenvalue weighted by molar-refractivity contribution is 7.13. The van der Waals surface area contributed by atoms with Gasteiger partial charge < -0.3 is 10.5 Å². The van der Waals surface area contributed by atoms with Crippen LogP contribution in [-0.2, 0) is 11.3 Å². The van der Waals surface area contributed by atoms with Gasteiger partial charge in [-0.1, -0.05) is 60.7 Å². The second kappa shape index (κ2) is 8.65. The summed E-state index contributed by atoms with van der Waals surface area (Å²) in [4.78, 5) is 6.81. The highest BCUT2D eigenvalue weighted by Crippen LogP contribution is 2.30. The number of hydrogen-bond donors (Lipinski definition) is 1. The number of hydrogen-bond acceptors (Lipinski definition) is 5. The highest BCUT2D eigenvalue weighted by Gasteiger charge is 2.25. The minimum atomic E-state index is -0.0118. The van der Waals surface area contributed by atoms with E-state index in [0.29, 0.717) is 5.13 Å². The molecule has 4 rings (SSSR count). The molecule has 2 N–H and O–H groups in total. The Morgan fingerprint density at radius 2 is 1.59 bits per heavy atom. The van der Waals surface area contributed by atoms with E-state index in [1.54, 1.807) is 0 Å². The number of rotatable bonds is 6. The van der Waals surface area contributed by atoms with Crippen molar-refractivity contribution in [3.63, 3.8) is 0 Å². The van der Waals surface area contributed by atoms with Crippen LogP contribution in [0, 0.1) is 0 Å². The van der Waals surface area contributed by atoms with Crippen molar-refractivity contribution in [3.05, 3.63) is 82.9 Å². The van der Waals surface area contributed by atoms with Crippen molar-refractivity contribution < 1.29 is 4.74 Å². The molecule has 1 saturated heterocycles. The van der Waals surface area contributed by atoms with Crippen LogP contribution in [0.4, 0.5) is 5.13 Å². The molecule has 5 heteroatoms. The molecule has 0 bridgehead atoms. The molecule has 1 aliphatic heterocycles. The number of anilines is 1. The lowest BCUT2D eigenvalue weighted by Crippen LogP contribution is -2.37. The average Bonchev–Trinajstić information content (AvgIpc) is 3.13. The Labute approximate surface area is 164 Å². The van der Waals surface area contributed by atoms with E-state index < -0.39 is 0 Å². The zero-order chi connectivity index (χ0) is 18.5. The first kappa shape index (κ1) is 18.2. The molecule has 3 aromatic rings. The molecule has 0 unspecified atom stereocenters.